The second kappa shape index (κ2) is 7.69. The summed E-state index contributed by atoms with van der Waals surface area (Å²) in [6, 6.07) is 12.2. The van der Waals surface area contributed by atoms with Crippen LogP contribution in [-0.4, -0.2) is 35.8 Å². The van der Waals surface area contributed by atoms with Crippen molar-refractivity contribution in [2.24, 2.45) is 0 Å². The summed E-state index contributed by atoms with van der Waals surface area (Å²) >= 11 is 12.0. The van der Waals surface area contributed by atoms with Crippen LogP contribution in [0.4, 0.5) is 4.79 Å². The number of fused-ring (bicyclic) bond motifs is 2. The van der Waals surface area contributed by atoms with Gasteiger partial charge in [-0.15, -0.1) is 0 Å². The first-order valence-electron chi connectivity index (χ1n) is 9.34. The monoisotopic (exact) mass is 431 g/mol. The Kier molecular flexibility index (Phi) is 5.23. The van der Waals surface area contributed by atoms with Gasteiger partial charge in [-0.1, -0.05) is 53.5 Å². The molecule has 4 rings (SSSR count). The third-order valence-electron chi connectivity index (χ3n) is 5.46. The van der Waals surface area contributed by atoms with Crippen LogP contribution in [0.2, 0.25) is 10.0 Å². The summed E-state index contributed by atoms with van der Waals surface area (Å²) in [7, 11) is 0. The number of hydrogen-bond donors (Lipinski definition) is 2. The number of carbonyl (C=O) groups excluding carboxylic acids is 3. The lowest BCUT2D eigenvalue weighted by molar-refractivity contribution is -0.135. The molecule has 2 N–H and O–H groups in total. The highest BCUT2D eigenvalue weighted by atomic mass is 35.5. The number of nitrogens with one attached hydrogen (secondary N) is 2. The predicted molar refractivity (Wildman–Crippen MR) is 110 cm³/mol. The molecule has 2 aliphatic rings. The SMILES string of the molecule is O=C(CN1C(=O)N[C@]2(CCc3ccccc32)C1=O)NCCc1ccc(Cl)cc1Cl. The Hall–Kier alpha value is -2.57. The maximum atomic E-state index is 13.0. The first kappa shape index (κ1) is 19.7. The minimum Gasteiger partial charge on any atom is -0.354 e. The Labute approximate surface area is 178 Å². The Morgan fingerprint density at radius 2 is 1.97 bits per heavy atom. The predicted octanol–water partition coefficient (Wildman–Crippen LogP) is 3.05. The van der Waals surface area contributed by atoms with E-state index in [1.807, 2.05) is 24.3 Å². The van der Waals surface area contributed by atoms with Crippen LogP contribution in [0.5, 0.6) is 0 Å². The number of amides is 4. The van der Waals surface area contributed by atoms with E-state index in [0.717, 1.165) is 21.6 Å². The summed E-state index contributed by atoms with van der Waals surface area (Å²) in [5.41, 5.74) is 1.67. The highest BCUT2D eigenvalue weighted by Crippen LogP contribution is 2.41. The van der Waals surface area contributed by atoms with Gasteiger partial charge in [0.15, 0.2) is 0 Å². The minimum atomic E-state index is -1.05. The normalized spacial score (nSPS) is 20.1. The molecule has 0 bridgehead atoms. The molecule has 2 aromatic rings. The van der Waals surface area contributed by atoms with Crippen LogP contribution in [0.1, 0.15) is 23.1 Å². The van der Waals surface area contributed by atoms with Crippen molar-refractivity contribution in [3.8, 4) is 0 Å². The van der Waals surface area contributed by atoms with Crippen molar-refractivity contribution < 1.29 is 14.4 Å². The molecule has 1 saturated heterocycles. The van der Waals surface area contributed by atoms with Gasteiger partial charge in [0.25, 0.3) is 5.91 Å². The number of benzene rings is 2. The lowest BCUT2D eigenvalue weighted by atomic mass is 9.92. The summed E-state index contributed by atoms with van der Waals surface area (Å²) in [6.07, 6.45) is 1.73. The Bertz CT molecular complexity index is 1010. The van der Waals surface area contributed by atoms with Crippen LogP contribution >= 0.6 is 23.2 Å². The van der Waals surface area contributed by atoms with Crippen LogP contribution in [0.25, 0.3) is 0 Å². The van der Waals surface area contributed by atoms with Gasteiger partial charge in [0.1, 0.15) is 12.1 Å². The van der Waals surface area contributed by atoms with Crippen molar-refractivity contribution in [3.05, 3.63) is 69.2 Å². The molecule has 0 saturated carbocycles. The average Bonchev–Trinajstić information content (AvgIpc) is 3.17. The number of rotatable bonds is 5. The van der Waals surface area contributed by atoms with E-state index in [-0.39, 0.29) is 12.5 Å². The van der Waals surface area contributed by atoms with Crippen LogP contribution in [0.15, 0.2) is 42.5 Å². The number of aryl methyl sites for hydroxylation is 1. The van der Waals surface area contributed by atoms with Crippen molar-refractivity contribution in [3.63, 3.8) is 0 Å². The number of halogens is 2. The molecule has 4 amide bonds. The highest BCUT2D eigenvalue weighted by molar-refractivity contribution is 6.35. The van der Waals surface area contributed by atoms with Crippen LogP contribution in [0, 0.1) is 0 Å². The van der Waals surface area contributed by atoms with Crippen LogP contribution in [-0.2, 0) is 28.0 Å². The van der Waals surface area contributed by atoms with Gasteiger partial charge in [0.2, 0.25) is 5.91 Å². The van der Waals surface area contributed by atoms with E-state index in [4.69, 9.17) is 23.2 Å². The lowest BCUT2D eigenvalue weighted by Crippen LogP contribution is -2.44. The second-order valence-corrected chi connectivity index (χ2v) is 8.06. The van der Waals surface area contributed by atoms with E-state index in [0.29, 0.717) is 35.9 Å². The molecule has 1 aliphatic heterocycles. The third kappa shape index (κ3) is 3.58. The summed E-state index contributed by atoms with van der Waals surface area (Å²) in [5.74, 6) is -0.773. The zero-order chi connectivity index (χ0) is 20.6. The van der Waals surface area contributed by atoms with Crippen molar-refractivity contribution in [1.82, 2.24) is 15.5 Å². The second-order valence-electron chi connectivity index (χ2n) is 7.22. The molecule has 8 heteroatoms. The van der Waals surface area contributed by atoms with Crippen molar-refractivity contribution in [1.29, 1.82) is 0 Å². The number of hydrogen-bond acceptors (Lipinski definition) is 3. The first-order valence-corrected chi connectivity index (χ1v) is 10.1. The Morgan fingerprint density at radius 1 is 1.17 bits per heavy atom. The molecule has 1 fully saturated rings. The van der Waals surface area contributed by atoms with Crippen LogP contribution in [0.3, 0.4) is 0 Å². The zero-order valence-electron chi connectivity index (χ0n) is 15.5. The molecule has 1 aliphatic carbocycles. The number of nitrogens with zero attached hydrogens (tertiary/aromatic N) is 1. The van der Waals surface area contributed by atoms with Gasteiger partial charge in [-0.2, -0.15) is 0 Å². The number of urea groups is 1. The van der Waals surface area contributed by atoms with Crippen LogP contribution < -0.4 is 10.6 Å². The van der Waals surface area contributed by atoms with Gasteiger partial charge in [-0.05, 0) is 48.1 Å². The quantitative estimate of drug-likeness (QED) is 0.713. The number of imide groups is 1. The summed E-state index contributed by atoms with van der Waals surface area (Å²) < 4.78 is 0. The van der Waals surface area contributed by atoms with Gasteiger partial charge in [0.05, 0.1) is 0 Å². The van der Waals surface area contributed by atoms with Gasteiger partial charge < -0.3 is 10.6 Å². The molecule has 150 valence electrons. The maximum Gasteiger partial charge on any atom is 0.325 e. The molecular formula is C21H19Cl2N3O3. The fraction of sp³-hybridized carbons (Fsp3) is 0.286. The van der Waals surface area contributed by atoms with E-state index < -0.39 is 17.5 Å². The summed E-state index contributed by atoms with van der Waals surface area (Å²) in [4.78, 5) is 38.8. The minimum absolute atomic E-state index is 0.317. The third-order valence-corrected chi connectivity index (χ3v) is 6.04. The molecule has 2 aromatic carbocycles. The molecule has 0 unspecified atom stereocenters. The van der Waals surface area contributed by atoms with Crippen molar-refractivity contribution in [2.45, 2.75) is 24.8 Å². The van der Waals surface area contributed by atoms with Gasteiger partial charge in [-0.25, -0.2) is 4.79 Å². The molecule has 1 heterocycles. The largest absolute Gasteiger partial charge is 0.354 e. The zero-order valence-corrected chi connectivity index (χ0v) is 17.0. The topological polar surface area (TPSA) is 78.5 Å². The van der Waals surface area contributed by atoms with Gasteiger partial charge >= 0.3 is 6.03 Å². The Morgan fingerprint density at radius 3 is 2.76 bits per heavy atom. The molecular weight excluding hydrogens is 413 g/mol. The first-order chi connectivity index (χ1) is 13.9. The number of carbonyl (C=O) groups is 3. The highest BCUT2D eigenvalue weighted by Gasteiger charge is 2.55. The van der Waals surface area contributed by atoms with E-state index in [1.54, 1.807) is 18.2 Å². The van der Waals surface area contributed by atoms with Gasteiger partial charge in [0, 0.05) is 16.6 Å². The molecule has 29 heavy (non-hydrogen) atoms. The average molecular weight is 432 g/mol. The molecule has 1 atom stereocenters. The summed E-state index contributed by atoms with van der Waals surface area (Å²) in [5, 5.41) is 6.62. The fourth-order valence-corrected chi connectivity index (χ4v) is 4.50. The lowest BCUT2D eigenvalue weighted by Gasteiger charge is -2.22. The molecule has 0 aromatic heterocycles. The van der Waals surface area contributed by atoms with E-state index in [2.05, 4.69) is 10.6 Å². The Balaban J connectivity index is 1.38. The van der Waals surface area contributed by atoms with E-state index in [1.165, 1.54) is 0 Å². The smallest absolute Gasteiger partial charge is 0.325 e. The summed E-state index contributed by atoms with van der Waals surface area (Å²) in [6.45, 7) is 0.0146. The van der Waals surface area contributed by atoms with Gasteiger partial charge in [-0.3, -0.25) is 14.5 Å². The maximum absolute atomic E-state index is 13.0. The van der Waals surface area contributed by atoms with Crippen molar-refractivity contribution in [2.75, 3.05) is 13.1 Å². The van der Waals surface area contributed by atoms with Crippen molar-refractivity contribution >= 4 is 41.0 Å². The van der Waals surface area contributed by atoms with E-state index >= 15 is 0 Å². The molecule has 1 spiro atoms. The standard InChI is InChI=1S/C21H19Cl2N3O3/c22-15-6-5-14(17(23)11-15)8-10-24-18(27)12-26-19(28)21(25-20(26)29)9-7-13-3-1-2-4-16(13)21/h1-6,11H,7-10,12H2,(H,24,27)(H,25,29)/t21-/m0/s1. The molecule has 0 radical (unpaired) electrons. The van der Waals surface area contributed by atoms with E-state index in [9.17, 15) is 14.4 Å². The fourth-order valence-electron chi connectivity index (χ4n) is 3.99. The molecule has 6 nitrogen and oxygen atoms in total.